The van der Waals surface area contributed by atoms with Gasteiger partial charge in [-0.15, -0.1) is 30.4 Å². The molecule has 7 nitrogen and oxygen atoms in total. The van der Waals surface area contributed by atoms with Crippen molar-refractivity contribution in [2.45, 2.75) is 39.0 Å². The van der Waals surface area contributed by atoms with E-state index in [4.69, 9.17) is 6.42 Å². The van der Waals surface area contributed by atoms with Crippen LogP contribution in [-0.4, -0.2) is 55.4 Å². The van der Waals surface area contributed by atoms with E-state index < -0.39 is 0 Å². The van der Waals surface area contributed by atoms with Crippen LogP contribution in [0, 0.1) is 12.3 Å². The smallest absolute Gasteiger partial charge is 0.246 e. The molecule has 1 aliphatic rings. The van der Waals surface area contributed by atoms with Crippen LogP contribution in [0.1, 0.15) is 44.6 Å². The van der Waals surface area contributed by atoms with Crippen LogP contribution in [0.3, 0.4) is 0 Å². The first kappa shape index (κ1) is 25.8. The third kappa shape index (κ3) is 9.48. The number of guanidine groups is 1. The van der Waals surface area contributed by atoms with Gasteiger partial charge in [-0.2, -0.15) is 0 Å². The van der Waals surface area contributed by atoms with Gasteiger partial charge in [0.05, 0.1) is 0 Å². The highest BCUT2D eigenvalue weighted by Gasteiger charge is 2.15. The Hall–Kier alpha value is -2.28. The number of anilines is 1. The zero-order valence-corrected chi connectivity index (χ0v) is 19.9. The lowest BCUT2D eigenvalue weighted by atomic mass is 10.2. The first-order chi connectivity index (χ1) is 14.1. The first-order valence-electron chi connectivity index (χ1n) is 10.3. The van der Waals surface area contributed by atoms with Crippen LogP contribution in [0.2, 0.25) is 0 Å². The number of nitrogens with zero attached hydrogens (tertiary/aromatic N) is 2. The van der Waals surface area contributed by atoms with Gasteiger partial charge in [0.1, 0.15) is 6.54 Å². The highest BCUT2D eigenvalue weighted by molar-refractivity contribution is 14.0. The number of hydrogen-bond donors (Lipinski definition) is 3. The first-order valence-corrected chi connectivity index (χ1v) is 10.3. The van der Waals surface area contributed by atoms with Crippen LogP contribution >= 0.6 is 24.0 Å². The number of halogens is 1. The molecule has 30 heavy (non-hydrogen) atoms. The maximum absolute atomic E-state index is 12.2. The highest BCUT2D eigenvalue weighted by atomic mass is 127. The minimum absolute atomic E-state index is 0. The Kier molecular flexibility index (Phi) is 12.6. The number of hydrogen-bond acceptors (Lipinski definition) is 3. The second kappa shape index (κ2) is 14.7. The summed E-state index contributed by atoms with van der Waals surface area (Å²) in [5.74, 6) is 3.17. The number of carbonyl (C=O) groups excluding carboxylic acids is 2. The highest BCUT2D eigenvalue weighted by Crippen LogP contribution is 2.11. The molecule has 1 aliphatic heterocycles. The van der Waals surface area contributed by atoms with E-state index in [-0.39, 0.29) is 42.3 Å². The number of nitrogens with one attached hydrogen (secondary N) is 3. The fourth-order valence-electron chi connectivity index (χ4n) is 3.13. The minimum atomic E-state index is -0.216. The van der Waals surface area contributed by atoms with Gasteiger partial charge in [0.25, 0.3) is 0 Å². The normalized spacial score (nSPS) is 14.2. The molecule has 1 aromatic rings. The monoisotopic (exact) mass is 525 g/mol. The molecule has 164 valence electrons. The number of aliphatic imine (C=N–C) groups is 1. The summed E-state index contributed by atoms with van der Waals surface area (Å²) in [5.41, 5.74) is 1.37. The molecule has 2 amide bonds. The Morgan fingerprint density at radius 3 is 2.87 bits per heavy atom. The van der Waals surface area contributed by atoms with Crippen molar-refractivity contribution in [3.63, 3.8) is 0 Å². The van der Waals surface area contributed by atoms with E-state index >= 15 is 0 Å². The van der Waals surface area contributed by atoms with E-state index in [2.05, 4.69) is 26.9 Å². The standard InChI is InChI=1S/C22H31N5O2.HI/c1-3-18-10-8-11-19(16-18)26-20(28)17-25-22(23-4-2)24-13-9-15-27-14-7-5-6-12-21(27)29;/h1,8,10-11,16H,4-7,9,12-15,17H2,2H3,(H,26,28)(H2,23,24,25);1H. The molecule has 8 heteroatoms. The Morgan fingerprint density at radius 2 is 2.10 bits per heavy atom. The molecule has 2 rings (SSSR count). The Balaban J connectivity index is 0.00000450. The summed E-state index contributed by atoms with van der Waals surface area (Å²) in [7, 11) is 0. The van der Waals surface area contributed by atoms with Gasteiger partial charge in [-0.3, -0.25) is 9.59 Å². The fraction of sp³-hybridized carbons (Fsp3) is 0.500. The lowest BCUT2D eigenvalue weighted by Gasteiger charge is -2.20. The summed E-state index contributed by atoms with van der Waals surface area (Å²) in [6.07, 6.45) is 10.1. The zero-order valence-electron chi connectivity index (χ0n) is 17.6. The Labute approximate surface area is 196 Å². The summed E-state index contributed by atoms with van der Waals surface area (Å²) in [6, 6.07) is 7.14. The molecule has 0 radical (unpaired) electrons. The molecule has 0 bridgehead atoms. The molecule has 1 aromatic carbocycles. The predicted molar refractivity (Wildman–Crippen MR) is 132 cm³/mol. The Bertz CT molecular complexity index is 760. The summed E-state index contributed by atoms with van der Waals surface area (Å²) in [5, 5.41) is 9.15. The van der Waals surface area contributed by atoms with Gasteiger partial charge in [0.2, 0.25) is 11.8 Å². The number of amides is 2. The minimum Gasteiger partial charge on any atom is -0.357 e. The average molecular weight is 525 g/mol. The molecule has 1 fully saturated rings. The molecule has 0 aromatic heterocycles. The van der Waals surface area contributed by atoms with Crippen molar-refractivity contribution in [2.75, 3.05) is 38.0 Å². The Morgan fingerprint density at radius 1 is 1.27 bits per heavy atom. The summed E-state index contributed by atoms with van der Waals surface area (Å²) in [4.78, 5) is 30.5. The van der Waals surface area contributed by atoms with Crippen LogP contribution < -0.4 is 16.0 Å². The number of terminal acetylenes is 1. The van der Waals surface area contributed by atoms with Gasteiger partial charge >= 0.3 is 0 Å². The van der Waals surface area contributed by atoms with E-state index in [1.54, 1.807) is 24.3 Å². The SMILES string of the molecule is C#Cc1cccc(NC(=O)CN=C(NCC)NCCCN2CCCCCC2=O)c1.I. The molecular weight excluding hydrogens is 493 g/mol. The molecule has 3 N–H and O–H groups in total. The lowest BCUT2D eigenvalue weighted by Crippen LogP contribution is -2.40. The topological polar surface area (TPSA) is 85.8 Å². The lowest BCUT2D eigenvalue weighted by molar-refractivity contribution is -0.130. The van der Waals surface area contributed by atoms with Gasteiger partial charge in [-0.1, -0.05) is 18.4 Å². The van der Waals surface area contributed by atoms with E-state index in [1.807, 2.05) is 11.8 Å². The number of benzene rings is 1. The van der Waals surface area contributed by atoms with E-state index in [0.717, 1.165) is 38.8 Å². The summed E-state index contributed by atoms with van der Waals surface area (Å²) >= 11 is 0. The molecule has 0 aliphatic carbocycles. The van der Waals surface area contributed by atoms with E-state index in [0.29, 0.717) is 36.7 Å². The van der Waals surface area contributed by atoms with Crippen molar-refractivity contribution in [1.82, 2.24) is 15.5 Å². The quantitative estimate of drug-likeness (QED) is 0.160. The van der Waals surface area contributed by atoms with Crippen molar-refractivity contribution in [3.8, 4) is 12.3 Å². The van der Waals surface area contributed by atoms with Gasteiger partial charge in [0, 0.05) is 43.9 Å². The second-order valence-corrected chi connectivity index (χ2v) is 6.94. The maximum Gasteiger partial charge on any atom is 0.246 e. The molecular formula is C22H32IN5O2. The van der Waals surface area contributed by atoms with Crippen LogP contribution in [-0.2, 0) is 9.59 Å². The fourth-order valence-corrected chi connectivity index (χ4v) is 3.13. The molecule has 0 unspecified atom stereocenters. The summed E-state index contributed by atoms with van der Waals surface area (Å²) < 4.78 is 0. The largest absolute Gasteiger partial charge is 0.357 e. The van der Waals surface area contributed by atoms with Gasteiger partial charge in [-0.05, 0) is 44.4 Å². The van der Waals surface area contributed by atoms with Crippen molar-refractivity contribution < 1.29 is 9.59 Å². The van der Waals surface area contributed by atoms with E-state index in [9.17, 15) is 9.59 Å². The zero-order chi connectivity index (χ0) is 20.9. The third-order valence-corrected chi connectivity index (χ3v) is 4.61. The molecule has 0 atom stereocenters. The molecule has 1 saturated heterocycles. The van der Waals surface area contributed by atoms with Crippen LogP contribution in [0.25, 0.3) is 0 Å². The average Bonchev–Trinajstić information content (AvgIpc) is 2.93. The van der Waals surface area contributed by atoms with Crippen molar-refractivity contribution in [3.05, 3.63) is 29.8 Å². The predicted octanol–water partition coefficient (Wildman–Crippen LogP) is 2.57. The van der Waals surface area contributed by atoms with Gasteiger partial charge < -0.3 is 20.9 Å². The third-order valence-electron chi connectivity index (χ3n) is 4.61. The second-order valence-electron chi connectivity index (χ2n) is 6.94. The number of carbonyl (C=O) groups is 2. The van der Waals surface area contributed by atoms with Gasteiger partial charge in [0.15, 0.2) is 5.96 Å². The molecule has 0 saturated carbocycles. The number of likely N-dealkylation sites (tertiary alicyclic amines) is 1. The van der Waals surface area contributed by atoms with Crippen molar-refractivity contribution in [2.24, 2.45) is 4.99 Å². The number of rotatable bonds is 8. The van der Waals surface area contributed by atoms with Crippen LogP contribution in [0.5, 0.6) is 0 Å². The van der Waals surface area contributed by atoms with Crippen LogP contribution in [0.15, 0.2) is 29.3 Å². The van der Waals surface area contributed by atoms with Crippen LogP contribution in [0.4, 0.5) is 5.69 Å². The molecule has 1 heterocycles. The summed E-state index contributed by atoms with van der Waals surface area (Å²) in [6.45, 7) is 4.95. The van der Waals surface area contributed by atoms with Crippen molar-refractivity contribution >= 4 is 47.4 Å². The van der Waals surface area contributed by atoms with E-state index in [1.165, 1.54) is 0 Å². The van der Waals surface area contributed by atoms with Crippen molar-refractivity contribution in [1.29, 1.82) is 0 Å². The maximum atomic E-state index is 12.2. The molecule has 0 spiro atoms. The van der Waals surface area contributed by atoms with Gasteiger partial charge in [-0.25, -0.2) is 4.99 Å².